The third-order valence-corrected chi connectivity index (χ3v) is 5.12. The Morgan fingerprint density at radius 2 is 1.77 bits per heavy atom. The molecule has 31 heavy (non-hydrogen) atoms. The highest BCUT2D eigenvalue weighted by molar-refractivity contribution is 7.80. The Morgan fingerprint density at radius 3 is 2.39 bits per heavy atom. The van der Waals surface area contributed by atoms with E-state index in [1.54, 1.807) is 49.6 Å². The smallest absolute Gasteiger partial charge is 0.270 e. The second-order valence-electron chi connectivity index (χ2n) is 6.90. The summed E-state index contributed by atoms with van der Waals surface area (Å²) in [4.78, 5) is 26.9. The summed E-state index contributed by atoms with van der Waals surface area (Å²) in [7, 11) is 3.10. The highest BCUT2D eigenvalue weighted by Crippen LogP contribution is 2.31. The van der Waals surface area contributed by atoms with Gasteiger partial charge in [0.2, 0.25) is 0 Å². The fraction of sp³-hybridized carbons (Fsp3) is 0.261. The van der Waals surface area contributed by atoms with Crippen LogP contribution in [0.1, 0.15) is 25.8 Å². The summed E-state index contributed by atoms with van der Waals surface area (Å²) in [5.74, 6) is 0.683. The molecule has 1 aliphatic rings. The highest BCUT2D eigenvalue weighted by Gasteiger charge is 2.34. The van der Waals surface area contributed by atoms with Crippen molar-refractivity contribution in [1.82, 2.24) is 5.32 Å². The highest BCUT2D eigenvalue weighted by atomic mass is 32.1. The van der Waals surface area contributed by atoms with E-state index in [1.165, 1.54) is 18.1 Å². The van der Waals surface area contributed by atoms with E-state index in [9.17, 15) is 9.59 Å². The van der Waals surface area contributed by atoms with E-state index in [0.29, 0.717) is 28.5 Å². The third-order valence-electron chi connectivity index (χ3n) is 4.83. The number of rotatable bonds is 7. The summed E-state index contributed by atoms with van der Waals surface area (Å²) in [5, 5.41) is 2.59. The Hall–Kier alpha value is -3.39. The molecule has 1 fully saturated rings. The maximum atomic E-state index is 13.1. The number of hydrogen-bond acceptors (Lipinski definition) is 6. The van der Waals surface area contributed by atoms with Crippen LogP contribution in [-0.4, -0.2) is 37.3 Å². The number of anilines is 1. The van der Waals surface area contributed by atoms with Crippen LogP contribution in [-0.2, 0) is 9.59 Å². The molecule has 8 heteroatoms. The molecule has 1 aliphatic heterocycles. The first kappa shape index (κ1) is 22.3. The van der Waals surface area contributed by atoms with E-state index < -0.39 is 11.8 Å². The van der Waals surface area contributed by atoms with E-state index in [1.807, 2.05) is 13.8 Å². The predicted molar refractivity (Wildman–Crippen MR) is 123 cm³/mol. The van der Waals surface area contributed by atoms with Gasteiger partial charge in [-0.05, 0) is 73.6 Å². The van der Waals surface area contributed by atoms with Crippen molar-refractivity contribution in [2.24, 2.45) is 0 Å². The number of ether oxygens (including phenoxy) is 3. The first-order valence-corrected chi connectivity index (χ1v) is 10.2. The van der Waals surface area contributed by atoms with Gasteiger partial charge in [-0.3, -0.25) is 19.8 Å². The van der Waals surface area contributed by atoms with Crippen LogP contribution in [0.5, 0.6) is 17.2 Å². The molecule has 2 aromatic rings. The van der Waals surface area contributed by atoms with Gasteiger partial charge in [-0.2, -0.15) is 0 Å². The minimum atomic E-state index is -0.557. The Morgan fingerprint density at radius 1 is 1.06 bits per heavy atom. The van der Waals surface area contributed by atoms with Gasteiger partial charge in [-0.25, -0.2) is 0 Å². The zero-order valence-electron chi connectivity index (χ0n) is 17.8. The monoisotopic (exact) mass is 440 g/mol. The number of nitrogens with one attached hydrogen (secondary N) is 1. The molecule has 0 unspecified atom stereocenters. The number of carbonyl (C=O) groups excluding carboxylic acids is 2. The van der Waals surface area contributed by atoms with E-state index in [0.717, 1.165) is 6.42 Å². The molecule has 0 spiro atoms. The van der Waals surface area contributed by atoms with Crippen LogP contribution in [0.15, 0.2) is 48.0 Å². The van der Waals surface area contributed by atoms with Crippen molar-refractivity contribution < 1.29 is 23.8 Å². The van der Waals surface area contributed by atoms with Gasteiger partial charge >= 0.3 is 0 Å². The minimum Gasteiger partial charge on any atom is -0.497 e. The Labute approximate surface area is 186 Å². The number of benzene rings is 2. The molecule has 0 saturated carbocycles. The van der Waals surface area contributed by atoms with Crippen LogP contribution in [0.4, 0.5) is 5.69 Å². The molecule has 2 aromatic carbocycles. The molecule has 0 aromatic heterocycles. The van der Waals surface area contributed by atoms with Gasteiger partial charge in [0.15, 0.2) is 16.6 Å². The molecule has 162 valence electrons. The summed E-state index contributed by atoms with van der Waals surface area (Å²) in [6.07, 6.45) is 2.39. The zero-order chi connectivity index (χ0) is 22.5. The Bertz CT molecular complexity index is 1030. The Balaban J connectivity index is 1.93. The number of hydrogen-bond donors (Lipinski definition) is 1. The van der Waals surface area contributed by atoms with Gasteiger partial charge in [0.05, 0.1) is 26.0 Å². The van der Waals surface area contributed by atoms with Crippen molar-refractivity contribution in [3.8, 4) is 17.2 Å². The molecule has 0 bridgehead atoms. The maximum Gasteiger partial charge on any atom is 0.270 e. The van der Waals surface area contributed by atoms with Crippen molar-refractivity contribution >= 4 is 40.9 Å². The van der Waals surface area contributed by atoms with Crippen LogP contribution < -0.4 is 24.4 Å². The van der Waals surface area contributed by atoms with Gasteiger partial charge < -0.3 is 14.2 Å². The summed E-state index contributed by atoms with van der Waals surface area (Å²) < 4.78 is 16.4. The lowest BCUT2D eigenvalue weighted by Gasteiger charge is -2.29. The minimum absolute atomic E-state index is 0.0206. The topological polar surface area (TPSA) is 77.1 Å². The average Bonchev–Trinajstić information content (AvgIpc) is 2.77. The number of methoxy groups -OCH3 is 2. The van der Waals surface area contributed by atoms with Crippen LogP contribution in [0, 0.1) is 0 Å². The zero-order valence-corrected chi connectivity index (χ0v) is 18.6. The molecule has 1 heterocycles. The lowest BCUT2D eigenvalue weighted by Crippen LogP contribution is -2.54. The van der Waals surface area contributed by atoms with Gasteiger partial charge in [0.1, 0.15) is 11.3 Å². The van der Waals surface area contributed by atoms with Crippen LogP contribution in [0.2, 0.25) is 0 Å². The fourth-order valence-corrected chi connectivity index (χ4v) is 3.24. The van der Waals surface area contributed by atoms with Gasteiger partial charge in [0, 0.05) is 0 Å². The third kappa shape index (κ3) is 4.86. The van der Waals surface area contributed by atoms with E-state index >= 15 is 0 Å². The molecule has 1 atom stereocenters. The number of carbonyl (C=O) groups is 2. The molecule has 7 nitrogen and oxygen atoms in total. The number of thiocarbonyl (C=S) groups is 1. The predicted octanol–water partition coefficient (Wildman–Crippen LogP) is 3.71. The summed E-state index contributed by atoms with van der Waals surface area (Å²) in [5.41, 5.74) is 1.10. The average molecular weight is 441 g/mol. The SMILES string of the molecule is CC[C@@H](C)Oc1ccc(/C=C2\C(=O)NC(=S)N(c3ccc(OC)cc3)C2=O)cc1OC. The molecule has 0 radical (unpaired) electrons. The number of nitrogens with zero attached hydrogens (tertiary/aromatic N) is 1. The summed E-state index contributed by atoms with van der Waals surface area (Å²) >= 11 is 5.23. The van der Waals surface area contributed by atoms with E-state index in [2.05, 4.69) is 5.32 Å². The van der Waals surface area contributed by atoms with Gasteiger partial charge in [-0.1, -0.05) is 13.0 Å². The van der Waals surface area contributed by atoms with Crippen molar-refractivity contribution in [3.63, 3.8) is 0 Å². The van der Waals surface area contributed by atoms with Crippen LogP contribution >= 0.6 is 12.2 Å². The van der Waals surface area contributed by atoms with E-state index in [4.69, 9.17) is 26.4 Å². The summed E-state index contributed by atoms with van der Waals surface area (Å²) in [6, 6.07) is 12.1. The summed E-state index contributed by atoms with van der Waals surface area (Å²) in [6.45, 7) is 4.00. The largest absolute Gasteiger partial charge is 0.497 e. The molecule has 0 aliphatic carbocycles. The fourth-order valence-electron chi connectivity index (χ4n) is 2.96. The molecule has 2 amide bonds. The first-order chi connectivity index (χ1) is 14.9. The first-order valence-electron chi connectivity index (χ1n) is 9.78. The van der Waals surface area contributed by atoms with Gasteiger partial charge in [-0.15, -0.1) is 0 Å². The van der Waals surface area contributed by atoms with E-state index in [-0.39, 0.29) is 16.8 Å². The second-order valence-corrected chi connectivity index (χ2v) is 7.29. The standard InChI is InChI=1S/C23H24N2O5S/c1-5-14(2)30-19-11-6-15(13-20(19)29-4)12-18-21(26)24-23(31)25(22(18)27)16-7-9-17(28-3)10-8-16/h6-14H,5H2,1-4H3,(H,24,26,31)/b18-12+/t14-/m1/s1. The van der Waals surface area contributed by atoms with Crippen molar-refractivity contribution in [2.45, 2.75) is 26.4 Å². The quantitative estimate of drug-likeness (QED) is 0.402. The van der Waals surface area contributed by atoms with Crippen LogP contribution in [0.3, 0.4) is 0 Å². The normalized spacial score (nSPS) is 16.2. The second kappa shape index (κ2) is 9.61. The Kier molecular flexibility index (Phi) is 6.91. The number of amides is 2. The lowest BCUT2D eigenvalue weighted by atomic mass is 10.1. The molecule has 1 N–H and O–H groups in total. The van der Waals surface area contributed by atoms with Gasteiger partial charge in [0.25, 0.3) is 11.8 Å². The molecular weight excluding hydrogens is 416 g/mol. The van der Waals surface area contributed by atoms with Crippen molar-refractivity contribution in [1.29, 1.82) is 0 Å². The van der Waals surface area contributed by atoms with Crippen molar-refractivity contribution in [2.75, 3.05) is 19.1 Å². The maximum absolute atomic E-state index is 13.1. The van der Waals surface area contributed by atoms with Crippen LogP contribution in [0.25, 0.3) is 6.08 Å². The van der Waals surface area contributed by atoms with Crippen molar-refractivity contribution in [3.05, 3.63) is 53.6 Å². The lowest BCUT2D eigenvalue weighted by molar-refractivity contribution is -0.122. The molecule has 3 rings (SSSR count). The molecular formula is C23H24N2O5S. The molecule has 1 saturated heterocycles.